The Labute approximate surface area is 128 Å². The molecule has 0 saturated carbocycles. The fraction of sp³-hybridized carbons (Fsp3) is 0.250. The van der Waals surface area contributed by atoms with E-state index in [9.17, 15) is 0 Å². The lowest BCUT2D eigenvalue weighted by molar-refractivity contribution is 0.395. The summed E-state index contributed by atoms with van der Waals surface area (Å²) in [6.45, 7) is 0. The Morgan fingerprint density at radius 2 is 1.75 bits per heavy atom. The summed E-state index contributed by atoms with van der Waals surface area (Å²) in [6.07, 6.45) is 0. The van der Waals surface area contributed by atoms with Crippen molar-refractivity contribution < 1.29 is 9.47 Å². The molecule has 0 saturated heterocycles. The number of rotatable bonds is 5. The summed E-state index contributed by atoms with van der Waals surface area (Å²) >= 11 is 3.61. The van der Waals surface area contributed by atoms with Crippen LogP contribution in [0.3, 0.4) is 0 Å². The monoisotopic (exact) mass is 335 g/mol. The van der Waals surface area contributed by atoms with Crippen molar-refractivity contribution in [2.45, 2.75) is 6.04 Å². The standard InChI is InChI=1S/C16H18BrNO2/c1-18-16(12-6-4-5-7-14(12)17)13-10-11(19-2)8-9-15(13)20-3/h4-10,16,18H,1-3H3. The second-order valence-corrected chi connectivity index (χ2v) is 5.21. The third-order valence-corrected chi connectivity index (χ3v) is 3.97. The maximum Gasteiger partial charge on any atom is 0.124 e. The lowest BCUT2D eigenvalue weighted by Gasteiger charge is -2.21. The molecule has 0 aliphatic heterocycles. The Morgan fingerprint density at radius 1 is 1.00 bits per heavy atom. The SMILES string of the molecule is CNC(c1ccccc1Br)c1cc(OC)ccc1OC. The van der Waals surface area contributed by atoms with Crippen LogP contribution in [0.25, 0.3) is 0 Å². The number of hydrogen-bond acceptors (Lipinski definition) is 3. The van der Waals surface area contributed by atoms with Gasteiger partial charge in [-0.05, 0) is 36.9 Å². The molecule has 0 heterocycles. The average molecular weight is 336 g/mol. The summed E-state index contributed by atoms with van der Waals surface area (Å²) in [5.74, 6) is 1.65. The predicted octanol–water partition coefficient (Wildman–Crippen LogP) is 3.78. The molecule has 2 aromatic rings. The third kappa shape index (κ3) is 2.97. The van der Waals surface area contributed by atoms with Gasteiger partial charge in [-0.1, -0.05) is 34.1 Å². The van der Waals surface area contributed by atoms with Gasteiger partial charge in [0.25, 0.3) is 0 Å². The summed E-state index contributed by atoms with van der Waals surface area (Å²) in [7, 11) is 5.28. The smallest absolute Gasteiger partial charge is 0.124 e. The van der Waals surface area contributed by atoms with Crippen molar-refractivity contribution in [1.82, 2.24) is 5.32 Å². The highest BCUT2D eigenvalue weighted by Gasteiger charge is 2.19. The second-order valence-electron chi connectivity index (χ2n) is 4.35. The first-order valence-corrected chi connectivity index (χ1v) is 7.14. The van der Waals surface area contributed by atoms with Gasteiger partial charge in [0.2, 0.25) is 0 Å². The molecule has 106 valence electrons. The first-order valence-electron chi connectivity index (χ1n) is 6.35. The Bertz CT molecular complexity index is 586. The fourth-order valence-electron chi connectivity index (χ4n) is 2.25. The number of halogens is 1. The lowest BCUT2D eigenvalue weighted by atomic mass is 9.97. The van der Waals surface area contributed by atoms with Gasteiger partial charge in [0.1, 0.15) is 11.5 Å². The van der Waals surface area contributed by atoms with Crippen LogP contribution < -0.4 is 14.8 Å². The average Bonchev–Trinajstić information content (AvgIpc) is 2.49. The normalized spacial score (nSPS) is 12.0. The van der Waals surface area contributed by atoms with E-state index >= 15 is 0 Å². The van der Waals surface area contributed by atoms with E-state index < -0.39 is 0 Å². The van der Waals surface area contributed by atoms with Gasteiger partial charge in [0.05, 0.1) is 20.3 Å². The molecule has 0 fully saturated rings. The maximum absolute atomic E-state index is 5.48. The van der Waals surface area contributed by atoms with E-state index in [0.29, 0.717) is 0 Å². The number of benzene rings is 2. The quantitative estimate of drug-likeness (QED) is 0.902. The topological polar surface area (TPSA) is 30.5 Å². The first-order chi connectivity index (χ1) is 9.71. The van der Waals surface area contributed by atoms with Gasteiger partial charge in [-0.25, -0.2) is 0 Å². The molecule has 1 unspecified atom stereocenters. The molecule has 2 aromatic carbocycles. The van der Waals surface area contributed by atoms with Crippen molar-refractivity contribution in [3.8, 4) is 11.5 Å². The minimum atomic E-state index is 0.0237. The molecule has 0 amide bonds. The van der Waals surface area contributed by atoms with Crippen LogP contribution in [0.15, 0.2) is 46.9 Å². The first kappa shape index (κ1) is 14.9. The zero-order valence-electron chi connectivity index (χ0n) is 11.8. The van der Waals surface area contributed by atoms with Gasteiger partial charge in [0.15, 0.2) is 0 Å². The van der Waals surface area contributed by atoms with Crippen LogP contribution in [-0.4, -0.2) is 21.3 Å². The molecular formula is C16H18BrNO2. The molecule has 0 aliphatic rings. The molecule has 0 bridgehead atoms. The van der Waals surface area contributed by atoms with Crippen LogP contribution in [-0.2, 0) is 0 Å². The van der Waals surface area contributed by atoms with E-state index in [1.807, 2.05) is 43.4 Å². The zero-order chi connectivity index (χ0) is 14.5. The predicted molar refractivity (Wildman–Crippen MR) is 84.6 cm³/mol. The van der Waals surface area contributed by atoms with Gasteiger partial charge in [0, 0.05) is 10.0 Å². The second kappa shape index (κ2) is 6.77. The number of methoxy groups -OCH3 is 2. The van der Waals surface area contributed by atoms with E-state index in [-0.39, 0.29) is 6.04 Å². The van der Waals surface area contributed by atoms with Crippen molar-refractivity contribution >= 4 is 15.9 Å². The summed E-state index contributed by atoms with van der Waals surface area (Å²) in [5.41, 5.74) is 2.20. The van der Waals surface area contributed by atoms with E-state index in [2.05, 4.69) is 27.3 Å². The van der Waals surface area contributed by atoms with Gasteiger partial charge in [-0.15, -0.1) is 0 Å². The van der Waals surface area contributed by atoms with Crippen LogP contribution in [0.4, 0.5) is 0 Å². The molecule has 1 atom stereocenters. The van der Waals surface area contributed by atoms with Crippen LogP contribution in [0.2, 0.25) is 0 Å². The summed E-state index contributed by atoms with van der Waals surface area (Å²) in [5, 5.41) is 3.34. The van der Waals surface area contributed by atoms with Gasteiger partial charge >= 0.3 is 0 Å². The lowest BCUT2D eigenvalue weighted by Crippen LogP contribution is -2.19. The van der Waals surface area contributed by atoms with Gasteiger partial charge in [-0.2, -0.15) is 0 Å². The Hall–Kier alpha value is -1.52. The highest BCUT2D eigenvalue weighted by atomic mass is 79.9. The zero-order valence-corrected chi connectivity index (χ0v) is 13.4. The Balaban J connectivity index is 2.54. The van der Waals surface area contributed by atoms with Crippen molar-refractivity contribution in [2.75, 3.05) is 21.3 Å². The Morgan fingerprint density at radius 3 is 2.35 bits per heavy atom. The van der Waals surface area contributed by atoms with E-state index in [0.717, 1.165) is 27.1 Å². The molecule has 1 N–H and O–H groups in total. The van der Waals surface area contributed by atoms with Gasteiger partial charge in [-0.3, -0.25) is 0 Å². The molecule has 2 rings (SSSR count). The molecule has 0 aliphatic carbocycles. The minimum absolute atomic E-state index is 0.0237. The fourth-order valence-corrected chi connectivity index (χ4v) is 2.77. The number of nitrogens with one attached hydrogen (secondary N) is 1. The molecule has 3 nitrogen and oxygen atoms in total. The van der Waals surface area contributed by atoms with Gasteiger partial charge < -0.3 is 14.8 Å². The van der Waals surface area contributed by atoms with Crippen molar-refractivity contribution in [1.29, 1.82) is 0 Å². The highest BCUT2D eigenvalue weighted by molar-refractivity contribution is 9.10. The molecule has 0 spiro atoms. The summed E-state index contributed by atoms with van der Waals surface area (Å²) in [6, 6.07) is 14.0. The molecule has 0 radical (unpaired) electrons. The van der Waals surface area contributed by atoms with Crippen LogP contribution in [0.5, 0.6) is 11.5 Å². The molecular weight excluding hydrogens is 318 g/mol. The number of hydrogen-bond donors (Lipinski definition) is 1. The maximum atomic E-state index is 5.48. The van der Waals surface area contributed by atoms with Crippen LogP contribution in [0.1, 0.15) is 17.2 Å². The summed E-state index contributed by atoms with van der Waals surface area (Å²) in [4.78, 5) is 0. The third-order valence-electron chi connectivity index (χ3n) is 3.25. The summed E-state index contributed by atoms with van der Waals surface area (Å²) < 4.78 is 11.9. The van der Waals surface area contributed by atoms with Crippen LogP contribution >= 0.6 is 15.9 Å². The van der Waals surface area contributed by atoms with E-state index in [1.54, 1.807) is 14.2 Å². The van der Waals surface area contributed by atoms with E-state index in [4.69, 9.17) is 9.47 Å². The van der Waals surface area contributed by atoms with Crippen LogP contribution in [0, 0.1) is 0 Å². The molecule has 0 aromatic heterocycles. The largest absolute Gasteiger partial charge is 0.497 e. The van der Waals surface area contributed by atoms with Crippen molar-refractivity contribution in [2.24, 2.45) is 0 Å². The van der Waals surface area contributed by atoms with Crippen molar-refractivity contribution in [3.05, 3.63) is 58.1 Å². The highest BCUT2D eigenvalue weighted by Crippen LogP contribution is 2.35. The minimum Gasteiger partial charge on any atom is -0.497 e. The molecule has 20 heavy (non-hydrogen) atoms. The Kier molecular flexibility index (Phi) is 5.04. The van der Waals surface area contributed by atoms with E-state index in [1.165, 1.54) is 0 Å². The molecule has 4 heteroatoms. The van der Waals surface area contributed by atoms with Crippen molar-refractivity contribution in [3.63, 3.8) is 0 Å². The number of ether oxygens (including phenoxy) is 2.